The zero-order valence-corrected chi connectivity index (χ0v) is 85.6. The van der Waals surface area contributed by atoms with E-state index in [2.05, 4.69) is 21.3 Å². The molecule has 3 atom stereocenters. The van der Waals surface area contributed by atoms with E-state index in [0.717, 1.165) is 4.90 Å². The van der Waals surface area contributed by atoms with Crippen LogP contribution in [0, 0.1) is 5.92 Å². The summed E-state index contributed by atoms with van der Waals surface area (Å²) in [4.78, 5) is 146. The molecule has 6 N–H and O–H groups in total. The van der Waals surface area contributed by atoms with E-state index in [1.165, 1.54) is 48.2 Å². The fourth-order valence-corrected chi connectivity index (χ4v) is 12.8. The molecule has 0 bridgehead atoms. The molecule has 826 valence electrons. The van der Waals surface area contributed by atoms with Gasteiger partial charge < -0.3 is 164 Å². The normalized spacial score (nSPS) is 12.6. The minimum atomic E-state index is -1.14. The van der Waals surface area contributed by atoms with Gasteiger partial charge in [0, 0.05) is 109 Å². The molecule has 1 aliphatic rings. The van der Waals surface area contributed by atoms with Crippen molar-refractivity contribution >= 4 is 70.3 Å². The molecule has 0 aliphatic carbocycles. The number of carbonyl (C=O) groups excluding carboxylic acids is 10. The van der Waals surface area contributed by atoms with E-state index in [9.17, 15) is 52.7 Å². The van der Waals surface area contributed by atoms with Crippen LogP contribution < -0.4 is 37.4 Å². The number of nitrogens with zero attached hydrogens (tertiary/aromatic N) is 3. The van der Waals surface area contributed by atoms with Gasteiger partial charge in [-0.05, 0) is 73.8 Å². The summed E-state index contributed by atoms with van der Waals surface area (Å²) < 4.78 is 148. The Hall–Kier alpha value is -8.87. The number of benzene rings is 2. The Kier molecular flexibility index (Phi) is 79.0. The quantitative estimate of drug-likeness (QED) is 0.0305. The van der Waals surface area contributed by atoms with E-state index in [4.69, 9.17) is 133 Å². The number of imide groups is 1. The van der Waals surface area contributed by atoms with Gasteiger partial charge >= 0.3 is 23.8 Å². The molecule has 145 heavy (non-hydrogen) atoms. The van der Waals surface area contributed by atoms with Gasteiger partial charge in [0.25, 0.3) is 11.8 Å². The number of ether oxygens (including phenoxy) is 26. The van der Waals surface area contributed by atoms with Crippen LogP contribution in [0.4, 0.5) is 14.4 Å². The van der Waals surface area contributed by atoms with Gasteiger partial charge in [-0.15, -0.1) is 0 Å². The molecule has 2 unspecified atom stereocenters. The predicted molar refractivity (Wildman–Crippen MR) is 525 cm³/mol. The molecule has 3 aromatic rings. The number of Topliss-reactive ketones (excluding diaryl/α,β-unsaturated/α-hetero) is 2. The zero-order chi connectivity index (χ0) is 105. The van der Waals surface area contributed by atoms with Crippen molar-refractivity contribution in [3.63, 3.8) is 0 Å². The van der Waals surface area contributed by atoms with E-state index in [1.807, 2.05) is 0 Å². The molecule has 0 spiro atoms. The molecule has 46 nitrogen and oxygen atoms in total. The Morgan fingerprint density at radius 1 is 0.372 bits per heavy atom. The maximum atomic E-state index is 14.1. The van der Waals surface area contributed by atoms with Gasteiger partial charge in [-0.3, -0.25) is 38.5 Å². The van der Waals surface area contributed by atoms with Crippen LogP contribution in [-0.2, 0) is 165 Å². The Bertz CT molecular complexity index is 3940. The van der Waals surface area contributed by atoms with E-state index >= 15 is 0 Å². The molecular formula is C99H162N8O38. The zero-order valence-electron chi connectivity index (χ0n) is 85.6. The van der Waals surface area contributed by atoms with Crippen molar-refractivity contribution in [2.45, 2.75) is 109 Å². The molecule has 0 fully saturated rings. The van der Waals surface area contributed by atoms with E-state index in [-0.39, 0.29) is 120 Å². The molecule has 2 aromatic carbocycles. The smallest absolute Gasteiger partial charge is 0.415 e. The average Bonchev–Trinajstić information content (AvgIpc) is 1.42. The van der Waals surface area contributed by atoms with Crippen LogP contribution in [0.25, 0.3) is 11.0 Å². The predicted octanol–water partition coefficient (Wildman–Crippen LogP) is 3.81. The Balaban J connectivity index is 0.916. The molecule has 0 saturated heterocycles. The van der Waals surface area contributed by atoms with Crippen LogP contribution in [0.5, 0.6) is 5.75 Å². The van der Waals surface area contributed by atoms with Crippen molar-refractivity contribution in [1.29, 1.82) is 0 Å². The topological polar surface area (TPSA) is 525 Å². The van der Waals surface area contributed by atoms with E-state index in [0.29, 0.717) is 333 Å². The molecule has 2 heterocycles. The Labute approximate surface area is 850 Å². The molecule has 9 amide bonds. The first-order valence-electron chi connectivity index (χ1n) is 49.9. The monoisotopic (exact) mass is 2070 g/mol. The van der Waals surface area contributed by atoms with E-state index in [1.54, 1.807) is 63.4 Å². The molecule has 46 heteroatoms. The van der Waals surface area contributed by atoms with Gasteiger partial charge in [-0.1, -0.05) is 44.5 Å². The van der Waals surface area contributed by atoms with Crippen molar-refractivity contribution in [3.8, 4) is 5.75 Å². The Morgan fingerprint density at radius 3 is 1.12 bits per heavy atom. The maximum absolute atomic E-state index is 14.1. The number of unbranched alkanes of at least 4 members (excludes halogenated alkanes) is 2. The van der Waals surface area contributed by atoms with Crippen molar-refractivity contribution in [3.05, 3.63) is 88.3 Å². The number of nitrogens with two attached hydrogens (primary N) is 1. The van der Waals surface area contributed by atoms with Gasteiger partial charge in [0.15, 0.2) is 11.6 Å². The second-order valence-electron chi connectivity index (χ2n) is 32.7. The number of methoxy groups -OCH3 is 1. The number of hydrogen-bond donors (Lipinski definition) is 5. The summed E-state index contributed by atoms with van der Waals surface area (Å²) in [6.07, 6.45) is 2.53. The third-order valence-electron chi connectivity index (χ3n) is 20.8. The highest BCUT2D eigenvalue weighted by Crippen LogP contribution is 2.21. The van der Waals surface area contributed by atoms with Crippen LogP contribution in [-0.4, -0.2) is 450 Å². The highest BCUT2D eigenvalue weighted by molar-refractivity contribution is 6.12. The fraction of sp³-hybridized carbons (Fsp3) is 0.727. The highest BCUT2D eigenvalue weighted by Gasteiger charge is 2.31. The third kappa shape index (κ3) is 70.6. The average molecular weight is 2070 g/mol. The number of amides is 9. The molecule has 0 saturated carbocycles. The minimum Gasteiger partial charge on any atom is -0.445 e. The van der Waals surface area contributed by atoms with Crippen LogP contribution in [0.15, 0.2) is 76.0 Å². The number of primary amides is 1. The maximum Gasteiger partial charge on any atom is 0.415 e. The lowest BCUT2D eigenvalue weighted by Gasteiger charge is -2.26. The number of ketones is 2. The summed E-state index contributed by atoms with van der Waals surface area (Å²) in [5.41, 5.74) is 6.16. The van der Waals surface area contributed by atoms with Gasteiger partial charge in [-0.25, -0.2) is 19.2 Å². The molecular weight excluding hydrogens is 1910 g/mol. The Morgan fingerprint density at radius 2 is 0.731 bits per heavy atom. The summed E-state index contributed by atoms with van der Waals surface area (Å²) in [5, 5.41) is 11.5. The number of carbonyl (C=O) groups is 10. The van der Waals surface area contributed by atoms with Gasteiger partial charge in [-0.2, -0.15) is 0 Å². The lowest BCUT2D eigenvalue weighted by atomic mass is 9.97. The highest BCUT2D eigenvalue weighted by atomic mass is 16.6. The number of likely N-dealkylation sites (N-methyl/N-ethyl adjacent to an activating group) is 2. The van der Waals surface area contributed by atoms with Crippen LogP contribution >= 0.6 is 0 Å². The number of rotatable bonds is 101. The summed E-state index contributed by atoms with van der Waals surface area (Å²) in [5.74, 6) is -3.56. The molecule has 1 aliphatic heterocycles. The number of hydrogen-bond acceptors (Lipinski definition) is 38. The minimum absolute atomic E-state index is 0.00229. The first-order valence-corrected chi connectivity index (χ1v) is 49.9. The lowest BCUT2D eigenvalue weighted by Crippen LogP contribution is -2.54. The second kappa shape index (κ2) is 89.2. The third-order valence-corrected chi connectivity index (χ3v) is 20.8. The SMILES string of the molecule is COCCOCCOCCOCCOCCOCCOCCOCCOCCOCCOCCOCCOCCOCCOCCOCCOCCOCCOCCOCCOCCOCCOCCOCCCC(=O)C(CCC(=O)NC(C(=O)N[C@@H](CCCNC(N)=O)C(=O)Cc1ccc(COC(=O)N(C)CCN(C)C(=O)Oc2ccc3ccc(=O)oc3c2)cc1)C(C)C)NC(=O)CCCCCN1C(=O)C=CC1=O. The van der Waals surface area contributed by atoms with Crippen LogP contribution in [0.1, 0.15) is 89.2 Å². The largest absolute Gasteiger partial charge is 0.445 e. The van der Waals surface area contributed by atoms with Gasteiger partial charge in [0.1, 0.15) is 24.0 Å². The summed E-state index contributed by atoms with van der Waals surface area (Å²) >= 11 is 0. The van der Waals surface area contributed by atoms with Crippen molar-refractivity contribution in [2.75, 3.05) is 358 Å². The van der Waals surface area contributed by atoms with Gasteiger partial charge in [0.05, 0.1) is 316 Å². The summed E-state index contributed by atoms with van der Waals surface area (Å²) in [6, 6.07) is 10.1. The second-order valence-corrected chi connectivity index (χ2v) is 32.7. The summed E-state index contributed by atoms with van der Waals surface area (Å²) in [7, 11) is 4.64. The van der Waals surface area contributed by atoms with Crippen molar-refractivity contribution in [1.82, 2.24) is 36.0 Å². The standard InChI is InChI=1S/C99H162N8O38/c1-80(2)95(96(115)103-85(11-9-26-101-97(100)116)88(109)77-81-14-16-82(17-15-81)79-143-98(117)105(3)28-29-106(4)99(118)144-84-20-18-83-19-25-94(114)145-89(83)78-84)104-91(111)22-21-86(102-90(110)13-7-6-8-27-107-92(112)23-24-93(107)113)87(108)12-10-30-120-33-34-122-37-38-124-41-42-126-45-46-128-49-50-130-53-54-132-57-58-134-61-62-136-65-66-138-69-70-140-73-74-142-76-75-141-72-71-139-68-67-137-64-63-135-60-59-133-56-55-131-52-51-129-48-47-127-44-43-125-40-39-123-36-35-121-32-31-119-5/h14-20,23-25,78,80,85-86,95H,6-13,21-22,26-77,79H2,1-5H3,(H,102,110)(H,103,115)(H,104,111)(H3,100,101,116)/t85-,86?,95?/m0/s1. The van der Waals surface area contributed by atoms with Crippen molar-refractivity contribution < 1.29 is 176 Å². The van der Waals surface area contributed by atoms with Crippen LogP contribution in [0.3, 0.4) is 0 Å². The number of urea groups is 1. The fourth-order valence-electron chi connectivity index (χ4n) is 12.8. The molecule has 4 rings (SSSR count). The number of nitrogens with one attached hydrogen (secondary N) is 4. The van der Waals surface area contributed by atoms with Gasteiger partial charge in [0.2, 0.25) is 17.7 Å². The first-order chi connectivity index (χ1) is 70.7. The van der Waals surface area contributed by atoms with Crippen LogP contribution in [0.2, 0.25) is 0 Å². The first kappa shape index (κ1) is 128. The molecule has 0 radical (unpaired) electrons. The molecule has 1 aromatic heterocycles. The number of fused-ring (bicyclic) bond motifs is 1. The summed E-state index contributed by atoms with van der Waals surface area (Å²) in [6.45, 7) is 24.5. The lowest BCUT2D eigenvalue weighted by molar-refractivity contribution is -0.137. The van der Waals surface area contributed by atoms with E-state index < -0.39 is 77.4 Å². The van der Waals surface area contributed by atoms with Crippen molar-refractivity contribution in [2.24, 2.45) is 11.7 Å².